The maximum absolute atomic E-state index is 5.28. The van der Waals surface area contributed by atoms with Gasteiger partial charge in [0.25, 0.3) is 0 Å². The quantitative estimate of drug-likeness (QED) is 0.179. The van der Waals surface area contributed by atoms with Crippen LogP contribution in [-0.2, 0) is 0 Å². The molecule has 2 aliphatic heterocycles. The molecule has 5 heterocycles. The van der Waals surface area contributed by atoms with Crippen LogP contribution in [0.1, 0.15) is 0 Å². The molecule has 8 bridgehead atoms. The van der Waals surface area contributed by atoms with Gasteiger partial charge in [-0.2, -0.15) is 0 Å². The van der Waals surface area contributed by atoms with E-state index < -0.39 is 0 Å². The minimum Gasteiger partial charge on any atom is -0.355 e. The largest absolute Gasteiger partial charge is 0.355 e. The van der Waals surface area contributed by atoms with Gasteiger partial charge in [0.2, 0.25) is 0 Å². The van der Waals surface area contributed by atoms with Crippen molar-refractivity contribution in [3.8, 4) is 45.0 Å². The molecule has 0 spiro atoms. The highest BCUT2D eigenvalue weighted by molar-refractivity contribution is 6.14. The lowest BCUT2D eigenvalue weighted by molar-refractivity contribution is 1.40. The molecule has 9 aromatic rings. The van der Waals surface area contributed by atoms with E-state index in [9.17, 15) is 0 Å². The van der Waals surface area contributed by atoms with Crippen LogP contribution in [0, 0.1) is 0 Å². The Bertz CT molecular complexity index is 2820. The molecular weight excluding hydrogens is 585 g/mol. The zero-order valence-corrected chi connectivity index (χ0v) is 25.8. The number of hydrogen-bond donors (Lipinski definition) is 2. The summed E-state index contributed by atoms with van der Waals surface area (Å²) in [6, 6.07) is 52.4. The van der Waals surface area contributed by atoms with Crippen LogP contribution in [-0.4, -0.2) is 19.9 Å². The van der Waals surface area contributed by atoms with Crippen LogP contribution in [0.15, 0.2) is 146 Å². The molecule has 0 saturated heterocycles. The van der Waals surface area contributed by atoms with E-state index in [0.717, 1.165) is 77.9 Å². The van der Waals surface area contributed by atoms with Crippen molar-refractivity contribution in [2.24, 2.45) is 0 Å². The summed E-state index contributed by atoms with van der Waals surface area (Å²) in [5.74, 6) is 0. The number of rotatable bonds is 0. The van der Waals surface area contributed by atoms with Crippen LogP contribution < -0.4 is 0 Å². The van der Waals surface area contributed by atoms with Gasteiger partial charge in [-0.1, -0.05) is 72.8 Å². The van der Waals surface area contributed by atoms with E-state index in [-0.39, 0.29) is 0 Å². The molecule has 0 unspecified atom stereocenters. The van der Waals surface area contributed by atoms with Crippen molar-refractivity contribution in [3.63, 3.8) is 0 Å². The van der Waals surface area contributed by atoms with Crippen molar-refractivity contribution in [2.45, 2.75) is 0 Å². The van der Waals surface area contributed by atoms with Crippen molar-refractivity contribution in [1.82, 2.24) is 19.9 Å². The number of benzene rings is 6. The third-order valence-electron chi connectivity index (χ3n) is 9.97. The van der Waals surface area contributed by atoms with Crippen LogP contribution >= 0.6 is 0 Å². The van der Waals surface area contributed by atoms with E-state index in [2.05, 4.69) is 156 Å². The van der Waals surface area contributed by atoms with Crippen molar-refractivity contribution in [3.05, 3.63) is 146 Å². The predicted octanol–water partition coefficient (Wildman–Crippen LogP) is 11.6. The van der Waals surface area contributed by atoms with Gasteiger partial charge in [-0.3, -0.25) is 0 Å². The Labute approximate surface area is 275 Å². The third kappa shape index (κ3) is 3.83. The second kappa shape index (κ2) is 9.50. The molecule has 222 valence electrons. The Morgan fingerprint density at radius 2 is 0.646 bits per heavy atom. The van der Waals surface area contributed by atoms with E-state index in [1.807, 2.05) is 0 Å². The maximum atomic E-state index is 5.28. The fraction of sp³-hybridized carbons (Fsp3) is 0. The Morgan fingerprint density at radius 3 is 1.02 bits per heavy atom. The van der Waals surface area contributed by atoms with Gasteiger partial charge in [-0.15, -0.1) is 0 Å². The van der Waals surface area contributed by atoms with E-state index in [1.165, 1.54) is 32.3 Å². The molecule has 0 radical (unpaired) electrons. The minimum atomic E-state index is 0.945. The van der Waals surface area contributed by atoms with Crippen molar-refractivity contribution < 1.29 is 0 Å². The van der Waals surface area contributed by atoms with Crippen molar-refractivity contribution in [1.29, 1.82) is 0 Å². The van der Waals surface area contributed by atoms with Crippen LogP contribution in [0.3, 0.4) is 0 Å². The molecule has 4 heteroatoms. The molecule has 11 rings (SSSR count). The summed E-state index contributed by atoms with van der Waals surface area (Å²) >= 11 is 0. The van der Waals surface area contributed by atoms with E-state index in [4.69, 9.17) is 9.97 Å². The lowest BCUT2D eigenvalue weighted by Gasteiger charge is -2.04. The molecule has 0 fully saturated rings. The second-order valence-corrected chi connectivity index (χ2v) is 12.9. The molecule has 4 nitrogen and oxygen atoms in total. The van der Waals surface area contributed by atoms with Gasteiger partial charge in [-0.25, -0.2) is 9.97 Å². The molecule has 48 heavy (non-hydrogen) atoms. The summed E-state index contributed by atoms with van der Waals surface area (Å²) < 4.78 is 0. The summed E-state index contributed by atoms with van der Waals surface area (Å²) in [5, 5.41) is 9.55. The molecule has 2 aliphatic rings. The predicted molar refractivity (Wildman–Crippen MR) is 200 cm³/mol. The fourth-order valence-corrected chi connectivity index (χ4v) is 7.63. The number of nitrogens with one attached hydrogen (secondary N) is 2. The second-order valence-electron chi connectivity index (χ2n) is 12.9. The number of aromatic amines is 2. The number of fused-ring (bicyclic) bond motifs is 20. The highest BCUT2D eigenvalue weighted by atomic mass is 14.8. The number of hydrogen-bond acceptors (Lipinski definition) is 2. The normalized spacial score (nSPS) is 12.2. The van der Waals surface area contributed by atoms with Crippen LogP contribution in [0.4, 0.5) is 0 Å². The molecule has 6 aromatic carbocycles. The van der Waals surface area contributed by atoms with Crippen molar-refractivity contribution in [2.75, 3.05) is 0 Å². The van der Waals surface area contributed by atoms with Gasteiger partial charge in [0.1, 0.15) is 0 Å². The topological polar surface area (TPSA) is 57.4 Å². The van der Waals surface area contributed by atoms with Gasteiger partial charge in [0.15, 0.2) is 0 Å². The first-order chi connectivity index (χ1) is 23.7. The number of H-pyrrole nitrogens is 2. The monoisotopic (exact) mass is 610 g/mol. The molecule has 2 N–H and O–H groups in total. The molecule has 0 saturated carbocycles. The molecule has 0 atom stereocenters. The standard InChI is InChI=1S/C44H26N4/c1-3-9-27-17-35-33(15-25(27)7-1)39-21-31-13-14-32(45-31)22-40-34-16-26-8-2-4-10-28(26)18-36(34)42(47-40)24-44-38-20-30-12-6-5-11-29(30)19-37(38)43(48-44)23-41(35)46-39/h1-24,45,48H. The number of aromatic nitrogens is 4. The SMILES string of the molecule is c1ccc2cc3c(cc2c1)-c1cc2ccc(cc4nc(cc5[nH]c(cc-3n1)c1cc3ccccc3cc51)-c1cc3ccccc3cc1-4)[nH]2. The summed E-state index contributed by atoms with van der Waals surface area (Å²) in [6.45, 7) is 0. The summed E-state index contributed by atoms with van der Waals surface area (Å²) in [4.78, 5) is 18.0. The molecule has 0 amide bonds. The van der Waals surface area contributed by atoms with Crippen LogP contribution in [0.5, 0.6) is 0 Å². The van der Waals surface area contributed by atoms with Gasteiger partial charge >= 0.3 is 0 Å². The van der Waals surface area contributed by atoms with Crippen LogP contribution in [0.25, 0.3) is 110 Å². The first-order valence-electron chi connectivity index (χ1n) is 16.3. The van der Waals surface area contributed by atoms with E-state index >= 15 is 0 Å². The Balaban J connectivity index is 1.31. The average Bonchev–Trinajstić information content (AvgIpc) is 3.87. The zero-order chi connectivity index (χ0) is 31.3. The van der Waals surface area contributed by atoms with Crippen LogP contribution in [0.2, 0.25) is 0 Å². The van der Waals surface area contributed by atoms with Gasteiger partial charge < -0.3 is 9.97 Å². The van der Waals surface area contributed by atoms with E-state index in [1.54, 1.807) is 0 Å². The van der Waals surface area contributed by atoms with Gasteiger partial charge in [0, 0.05) is 55.1 Å². The summed E-state index contributed by atoms with van der Waals surface area (Å²) in [6.07, 6.45) is 0. The third-order valence-corrected chi connectivity index (χ3v) is 9.97. The summed E-state index contributed by atoms with van der Waals surface area (Å²) in [7, 11) is 0. The summed E-state index contributed by atoms with van der Waals surface area (Å²) in [5.41, 5.74) is 12.4. The fourth-order valence-electron chi connectivity index (χ4n) is 7.63. The lowest BCUT2D eigenvalue weighted by atomic mass is 9.98. The van der Waals surface area contributed by atoms with Gasteiger partial charge in [0.05, 0.1) is 22.8 Å². The van der Waals surface area contributed by atoms with Crippen molar-refractivity contribution >= 4 is 65.2 Å². The first kappa shape index (κ1) is 25.6. The average molecular weight is 611 g/mol. The van der Waals surface area contributed by atoms with E-state index in [0.29, 0.717) is 0 Å². The molecule has 0 aliphatic carbocycles. The van der Waals surface area contributed by atoms with Gasteiger partial charge in [-0.05, 0) is 105 Å². The first-order valence-corrected chi connectivity index (χ1v) is 16.3. The Kier molecular flexibility index (Phi) is 5.08. The highest BCUT2D eigenvalue weighted by Crippen LogP contribution is 2.42. The minimum absolute atomic E-state index is 0.945. The highest BCUT2D eigenvalue weighted by Gasteiger charge is 2.20. The number of nitrogens with zero attached hydrogens (tertiary/aromatic N) is 2. The Hall–Kier alpha value is -6.52. The molecule has 3 aromatic heterocycles. The Morgan fingerprint density at radius 1 is 0.312 bits per heavy atom. The molecular formula is C44H26N4. The lowest BCUT2D eigenvalue weighted by Crippen LogP contribution is -1.80. The zero-order valence-electron chi connectivity index (χ0n) is 25.8. The smallest absolute Gasteiger partial charge is 0.0737 e. The maximum Gasteiger partial charge on any atom is 0.0737 e.